The predicted octanol–water partition coefficient (Wildman–Crippen LogP) is 3.25. The molecule has 1 aliphatic rings. The van der Waals surface area contributed by atoms with Crippen LogP contribution >= 0.6 is 0 Å². The quantitative estimate of drug-likeness (QED) is 0.463. The van der Waals surface area contributed by atoms with Gasteiger partial charge in [0.25, 0.3) is 11.6 Å². The molecule has 160 valence electrons. The van der Waals surface area contributed by atoms with E-state index in [0.29, 0.717) is 25.4 Å². The van der Waals surface area contributed by atoms with Crippen molar-refractivity contribution < 1.29 is 19.2 Å². The summed E-state index contributed by atoms with van der Waals surface area (Å²) >= 11 is 0. The zero-order chi connectivity index (χ0) is 21.5. The van der Waals surface area contributed by atoms with Gasteiger partial charge in [-0.2, -0.15) is 0 Å². The fourth-order valence-corrected chi connectivity index (χ4v) is 3.33. The van der Waals surface area contributed by atoms with Crippen molar-refractivity contribution in [3.63, 3.8) is 0 Å². The molecule has 8 heteroatoms. The summed E-state index contributed by atoms with van der Waals surface area (Å²) in [4.78, 5) is 27.1. The second-order valence-corrected chi connectivity index (χ2v) is 7.51. The standard InChI is InChI=1S/C22H27N3O5/c1-23(2)18-10-8-17(9-11-18)14-24(15-21-7-4-12-29-21)22(26)16-30-20-6-3-5-19(13-20)25(27)28/h3,5-6,8-11,13,21H,4,7,12,14-16H2,1-2H3/t21-/m1/s1. The van der Waals surface area contributed by atoms with Gasteiger partial charge < -0.3 is 19.3 Å². The second-order valence-electron chi connectivity index (χ2n) is 7.51. The van der Waals surface area contributed by atoms with Crippen molar-refractivity contribution >= 4 is 17.3 Å². The monoisotopic (exact) mass is 413 g/mol. The first-order chi connectivity index (χ1) is 14.4. The SMILES string of the molecule is CN(C)c1ccc(CN(C[C@H]2CCCO2)C(=O)COc2cccc([N+](=O)[O-])c2)cc1. The average molecular weight is 413 g/mol. The number of hydrogen-bond donors (Lipinski definition) is 0. The molecule has 1 atom stereocenters. The van der Waals surface area contributed by atoms with E-state index in [-0.39, 0.29) is 24.3 Å². The first-order valence-electron chi connectivity index (χ1n) is 9.95. The summed E-state index contributed by atoms with van der Waals surface area (Å²) in [7, 11) is 3.96. The summed E-state index contributed by atoms with van der Waals surface area (Å²) in [6, 6.07) is 13.9. The highest BCUT2D eigenvalue weighted by molar-refractivity contribution is 5.78. The molecule has 8 nitrogen and oxygen atoms in total. The van der Waals surface area contributed by atoms with Crippen molar-refractivity contribution in [1.82, 2.24) is 4.90 Å². The molecule has 1 fully saturated rings. The van der Waals surface area contributed by atoms with Gasteiger partial charge in [-0.1, -0.05) is 18.2 Å². The van der Waals surface area contributed by atoms with E-state index in [2.05, 4.69) is 0 Å². The number of anilines is 1. The van der Waals surface area contributed by atoms with Crippen LogP contribution in [0.4, 0.5) is 11.4 Å². The Morgan fingerprint density at radius 1 is 1.23 bits per heavy atom. The van der Waals surface area contributed by atoms with Crippen LogP contribution in [0.5, 0.6) is 5.75 Å². The minimum atomic E-state index is -0.490. The summed E-state index contributed by atoms with van der Waals surface area (Å²) in [5.74, 6) is 0.110. The molecule has 1 amide bonds. The van der Waals surface area contributed by atoms with E-state index in [1.165, 1.54) is 18.2 Å². The van der Waals surface area contributed by atoms with E-state index >= 15 is 0 Å². The highest BCUT2D eigenvalue weighted by atomic mass is 16.6. The average Bonchev–Trinajstić information content (AvgIpc) is 3.25. The van der Waals surface area contributed by atoms with Crippen molar-refractivity contribution in [2.24, 2.45) is 0 Å². The van der Waals surface area contributed by atoms with E-state index in [0.717, 1.165) is 24.1 Å². The normalized spacial score (nSPS) is 15.6. The van der Waals surface area contributed by atoms with Crippen LogP contribution in [-0.4, -0.2) is 55.7 Å². The first-order valence-corrected chi connectivity index (χ1v) is 9.95. The van der Waals surface area contributed by atoms with E-state index in [4.69, 9.17) is 9.47 Å². The summed E-state index contributed by atoms with van der Waals surface area (Å²) in [6.07, 6.45) is 1.94. The number of carbonyl (C=O) groups is 1. The van der Waals surface area contributed by atoms with E-state index in [1.54, 1.807) is 11.0 Å². The number of nitrogens with zero attached hydrogens (tertiary/aromatic N) is 3. The molecule has 0 radical (unpaired) electrons. The van der Waals surface area contributed by atoms with Gasteiger partial charge in [0.15, 0.2) is 6.61 Å². The van der Waals surface area contributed by atoms with Crippen LogP contribution < -0.4 is 9.64 Å². The maximum absolute atomic E-state index is 12.9. The Morgan fingerprint density at radius 2 is 2.00 bits per heavy atom. The number of nitro groups is 1. The van der Waals surface area contributed by atoms with Gasteiger partial charge in [0.2, 0.25) is 0 Å². The second kappa shape index (κ2) is 10.1. The molecule has 0 N–H and O–H groups in total. The number of amides is 1. The Labute approximate surface area is 176 Å². The third-order valence-corrected chi connectivity index (χ3v) is 5.02. The fraction of sp³-hybridized carbons (Fsp3) is 0.409. The highest BCUT2D eigenvalue weighted by Crippen LogP contribution is 2.20. The van der Waals surface area contributed by atoms with Crippen molar-refractivity contribution in [3.05, 3.63) is 64.2 Å². The third-order valence-electron chi connectivity index (χ3n) is 5.02. The molecule has 1 heterocycles. The van der Waals surface area contributed by atoms with Crippen LogP contribution in [0.3, 0.4) is 0 Å². The Morgan fingerprint density at radius 3 is 2.63 bits per heavy atom. The van der Waals surface area contributed by atoms with Crippen molar-refractivity contribution in [2.75, 3.05) is 38.8 Å². The summed E-state index contributed by atoms with van der Waals surface area (Å²) in [5.41, 5.74) is 2.03. The molecule has 0 spiro atoms. The number of ether oxygens (including phenoxy) is 2. The molecular weight excluding hydrogens is 386 g/mol. The molecular formula is C22H27N3O5. The number of nitro benzene ring substituents is 1. The lowest BCUT2D eigenvalue weighted by molar-refractivity contribution is -0.384. The maximum atomic E-state index is 12.9. The molecule has 0 aromatic heterocycles. The van der Waals surface area contributed by atoms with Crippen molar-refractivity contribution in [1.29, 1.82) is 0 Å². The molecule has 3 rings (SSSR count). The van der Waals surface area contributed by atoms with Gasteiger partial charge in [-0.3, -0.25) is 14.9 Å². The van der Waals surface area contributed by atoms with Gasteiger partial charge in [0.1, 0.15) is 5.75 Å². The topological polar surface area (TPSA) is 85.2 Å². The molecule has 0 bridgehead atoms. The van der Waals surface area contributed by atoms with E-state index in [1.807, 2.05) is 43.3 Å². The zero-order valence-corrected chi connectivity index (χ0v) is 17.3. The third kappa shape index (κ3) is 5.93. The number of benzene rings is 2. The largest absolute Gasteiger partial charge is 0.484 e. The van der Waals surface area contributed by atoms with Crippen LogP contribution in [0.1, 0.15) is 18.4 Å². The fourth-order valence-electron chi connectivity index (χ4n) is 3.33. The van der Waals surface area contributed by atoms with Crippen LogP contribution in [0.15, 0.2) is 48.5 Å². The van der Waals surface area contributed by atoms with Gasteiger partial charge in [0, 0.05) is 45.5 Å². The molecule has 30 heavy (non-hydrogen) atoms. The Kier molecular flexibility index (Phi) is 7.24. The maximum Gasteiger partial charge on any atom is 0.273 e. The number of rotatable bonds is 9. The molecule has 1 aliphatic heterocycles. The van der Waals surface area contributed by atoms with Gasteiger partial charge in [-0.05, 0) is 36.6 Å². The van der Waals surface area contributed by atoms with Crippen molar-refractivity contribution in [3.8, 4) is 5.75 Å². The summed E-state index contributed by atoms with van der Waals surface area (Å²) in [6.45, 7) is 1.47. The first kappa shape index (κ1) is 21.6. The summed E-state index contributed by atoms with van der Waals surface area (Å²) < 4.78 is 11.3. The Balaban J connectivity index is 1.66. The van der Waals surface area contributed by atoms with Crippen molar-refractivity contribution in [2.45, 2.75) is 25.5 Å². The Bertz CT molecular complexity index is 863. The number of hydrogen-bond acceptors (Lipinski definition) is 6. The minimum absolute atomic E-state index is 0.0211. The lowest BCUT2D eigenvalue weighted by atomic mass is 10.1. The lowest BCUT2D eigenvalue weighted by Gasteiger charge is -2.26. The van der Waals surface area contributed by atoms with Gasteiger partial charge in [-0.15, -0.1) is 0 Å². The summed E-state index contributed by atoms with van der Waals surface area (Å²) in [5, 5.41) is 10.9. The minimum Gasteiger partial charge on any atom is -0.484 e. The molecule has 2 aromatic rings. The van der Waals surface area contributed by atoms with E-state index < -0.39 is 4.92 Å². The smallest absolute Gasteiger partial charge is 0.273 e. The molecule has 0 unspecified atom stereocenters. The number of non-ortho nitro benzene ring substituents is 1. The van der Waals surface area contributed by atoms with E-state index in [9.17, 15) is 14.9 Å². The molecule has 0 saturated carbocycles. The van der Waals surface area contributed by atoms with Crippen LogP contribution in [0.2, 0.25) is 0 Å². The highest BCUT2D eigenvalue weighted by Gasteiger charge is 2.23. The number of carbonyl (C=O) groups excluding carboxylic acids is 1. The van der Waals surface area contributed by atoms with Gasteiger partial charge >= 0.3 is 0 Å². The van der Waals surface area contributed by atoms with Crippen LogP contribution in [0.25, 0.3) is 0 Å². The Hall–Kier alpha value is -3.13. The molecule has 0 aliphatic carbocycles. The molecule has 1 saturated heterocycles. The van der Waals surface area contributed by atoms with Gasteiger partial charge in [0.05, 0.1) is 17.1 Å². The van der Waals surface area contributed by atoms with Crippen LogP contribution in [-0.2, 0) is 16.1 Å². The molecule has 2 aromatic carbocycles. The zero-order valence-electron chi connectivity index (χ0n) is 17.3. The van der Waals surface area contributed by atoms with Crippen LogP contribution in [0, 0.1) is 10.1 Å². The van der Waals surface area contributed by atoms with Gasteiger partial charge in [-0.25, -0.2) is 0 Å². The predicted molar refractivity (Wildman–Crippen MR) is 114 cm³/mol. The lowest BCUT2D eigenvalue weighted by Crippen LogP contribution is -2.39.